The number of methoxy groups -OCH3 is 1. The molecule has 0 radical (unpaired) electrons. The van der Waals surface area contributed by atoms with Crippen LogP contribution in [0.1, 0.15) is 44.1 Å². The van der Waals surface area contributed by atoms with Crippen molar-refractivity contribution in [3.63, 3.8) is 0 Å². The van der Waals surface area contributed by atoms with Gasteiger partial charge in [0, 0.05) is 11.2 Å². The number of aryl methyl sites for hydroxylation is 1. The fraction of sp³-hybridized carbons (Fsp3) is 0.600. The number of hydrogen-bond donors (Lipinski definition) is 1. The van der Waals surface area contributed by atoms with Crippen LogP contribution in [0.15, 0.2) is 18.2 Å². The molecule has 2 heteroatoms. The molecule has 1 aromatic carbocycles. The van der Waals surface area contributed by atoms with Gasteiger partial charge in [-0.05, 0) is 49.4 Å². The van der Waals surface area contributed by atoms with Gasteiger partial charge in [0.15, 0.2) is 0 Å². The maximum absolute atomic E-state index is 5.29. The molecule has 1 N–H and O–H groups in total. The fourth-order valence-electron chi connectivity index (χ4n) is 3.35. The molecule has 1 spiro atoms. The van der Waals surface area contributed by atoms with E-state index in [1.165, 1.54) is 56.2 Å². The maximum atomic E-state index is 5.29. The van der Waals surface area contributed by atoms with Crippen molar-refractivity contribution in [3.05, 3.63) is 23.8 Å². The minimum atomic E-state index is 0.403. The maximum Gasteiger partial charge on any atom is 0.119 e. The summed E-state index contributed by atoms with van der Waals surface area (Å²) in [5.41, 5.74) is 3.15. The molecule has 0 unspecified atom stereocenters. The van der Waals surface area contributed by atoms with Crippen LogP contribution >= 0.6 is 0 Å². The molecule has 1 fully saturated rings. The second-order valence-corrected chi connectivity index (χ2v) is 5.49. The SMILES string of the molecule is COc1ccc2c(c1)CCC1(CCCCC1)N2. The van der Waals surface area contributed by atoms with Gasteiger partial charge in [-0.25, -0.2) is 0 Å². The molecule has 2 nitrogen and oxygen atoms in total. The van der Waals surface area contributed by atoms with Crippen LogP contribution in [-0.2, 0) is 6.42 Å². The summed E-state index contributed by atoms with van der Waals surface area (Å²) in [5, 5.41) is 3.81. The monoisotopic (exact) mass is 231 g/mol. The molecule has 1 aliphatic heterocycles. The van der Waals surface area contributed by atoms with Gasteiger partial charge in [-0.3, -0.25) is 0 Å². The molecule has 1 aliphatic carbocycles. The van der Waals surface area contributed by atoms with Crippen molar-refractivity contribution in [2.75, 3.05) is 12.4 Å². The summed E-state index contributed by atoms with van der Waals surface area (Å²) in [6.45, 7) is 0. The van der Waals surface area contributed by atoms with E-state index < -0.39 is 0 Å². The highest BCUT2D eigenvalue weighted by Crippen LogP contribution is 2.40. The Morgan fingerprint density at radius 2 is 1.94 bits per heavy atom. The van der Waals surface area contributed by atoms with E-state index >= 15 is 0 Å². The Labute approximate surface area is 103 Å². The van der Waals surface area contributed by atoms with E-state index in [1.54, 1.807) is 7.11 Å². The van der Waals surface area contributed by atoms with E-state index in [4.69, 9.17) is 4.74 Å². The average Bonchev–Trinajstić information content (AvgIpc) is 2.39. The predicted molar refractivity (Wildman–Crippen MR) is 70.8 cm³/mol. The molecule has 3 rings (SSSR count). The van der Waals surface area contributed by atoms with Crippen LogP contribution in [0.4, 0.5) is 5.69 Å². The van der Waals surface area contributed by atoms with Gasteiger partial charge < -0.3 is 10.1 Å². The summed E-state index contributed by atoms with van der Waals surface area (Å²) in [6, 6.07) is 6.43. The largest absolute Gasteiger partial charge is 0.497 e. The predicted octanol–water partition coefficient (Wildman–Crippen LogP) is 3.76. The molecule has 0 amide bonds. The zero-order valence-electron chi connectivity index (χ0n) is 10.6. The zero-order chi connectivity index (χ0) is 11.7. The molecule has 0 saturated heterocycles. The van der Waals surface area contributed by atoms with Crippen molar-refractivity contribution >= 4 is 5.69 Å². The van der Waals surface area contributed by atoms with E-state index in [9.17, 15) is 0 Å². The van der Waals surface area contributed by atoms with Gasteiger partial charge in [-0.15, -0.1) is 0 Å². The summed E-state index contributed by atoms with van der Waals surface area (Å²) in [5.74, 6) is 0.977. The van der Waals surface area contributed by atoms with Crippen LogP contribution in [-0.4, -0.2) is 12.6 Å². The van der Waals surface area contributed by atoms with Crippen molar-refractivity contribution in [3.8, 4) is 5.75 Å². The summed E-state index contributed by atoms with van der Waals surface area (Å²) in [4.78, 5) is 0. The van der Waals surface area contributed by atoms with Crippen LogP contribution < -0.4 is 10.1 Å². The first-order valence-corrected chi connectivity index (χ1v) is 6.76. The molecular weight excluding hydrogens is 210 g/mol. The second kappa shape index (κ2) is 4.25. The molecule has 0 bridgehead atoms. The first-order chi connectivity index (χ1) is 8.31. The lowest BCUT2D eigenvalue weighted by atomic mass is 9.75. The molecule has 17 heavy (non-hydrogen) atoms. The van der Waals surface area contributed by atoms with Crippen LogP contribution in [0.25, 0.3) is 0 Å². The second-order valence-electron chi connectivity index (χ2n) is 5.49. The summed E-state index contributed by atoms with van der Waals surface area (Å²) in [6.07, 6.45) is 9.36. The topological polar surface area (TPSA) is 21.3 Å². The van der Waals surface area contributed by atoms with E-state index in [0.29, 0.717) is 5.54 Å². The zero-order valence-corrected chi connectivity index (χ0v) is 10.6. The molecule has 2 aliphatic rings. The molecule has 1 saturated carbocycles. The van der Waals surface area contributed by atoms with Gasteiger partial charge in [0.1, 0.15) is 5.75 Å². The van der Waals surface area contributed by atoms with Crippen LogP contribution in [0, 0.1) is 0 Å². The Kier molecular flexibility index (Phi) is 2.73. The molecular formula is C15H21NO. The Morgan fingerprint density at radius 1 is 1.12 bits per heavy atom. The van der Waals surface area contributed by atoms with Gasteiger partial charge in [-0.2, -0.15) is 0 Å². The first kappa shape index (κ1) is 10.9. The molecule has 1 aromatic rings. The summed E-state index contributed by atoms with van der Waals surface area (Å²) >= 11 is 0. The number of benzene rings is 1. The van der Waals surface area contributed by atoms with Crippen LogP contribution in [0.2, 0.25) is 0 Å². The summed E-state index contributed by atoms with van der Waals surface area (Å²) < 4.78 is 5.29. The average molecular weight is 231 g/mol. The molecule has 0 atom stereocenters. The third-order valence-electron chi connectivity index (χ3n) is 4.40. The van der Waals surface area contributed by atoms with E-state index in [-0.39, 0.29) is 0 Å². The van der Waals surface area contributed by atoms with Crippen LogP contribution in [0.5, 0.6) is 5.75 Å². The Morgan fingerprint density at radius 3 is 2.71 bits per heavy atom. The highest BCUT2D eigenvalue weighted by molar-refractivity contribution is 5.58. The highest BCUT2D eigenvalue weighted by atomic mass is 16.5. The quantitative estimate of drug-likeness (QED) is 0.794. The minimum absolute atomic E-state index is 0.403. The Bertz CT molecular complexity index is 407. The molecule has 1 heterocycles. The van der Waals surface area contributed by atoms with Crippen LogP contribution in [0.3, 0.4) is 0 Å². The van der Waals surface area contributed by atoms with Crippen molar-refractivity contribution in [2.24, 2.45) is 0 Å². The smallest absolute Gasteiger partial charge is 0.119 e. The van der Waals surface area contributed by atoms with Gasteiger partial charge in [0.2, 0.25) is 0 Å². The number of anilines is 1. The highest BCUT2D eigenvalue weighted by Gasteiger charge is 2.34. The van der Waals surface area contributed by atoms with Crippen molar-refractivity contribution in [1.29, 1.82) is 0 Å². The van der Waals surface area contributed by atoms with E-state index in [1.807, 2.05) is 0 Å². The van der Waals surface area contributed by atoms with Crippen molar-refractivity contribution < 1.29 is 4.74 Å². The number of hydrogen-bond acceptors (Lipinski definition) is 2. The summed E-state index contributed by atoms with van der Waals surface area (Å²) in [7, 11) is 1.74. The lowest BCUT2D eigenvalue weighted by molar-refractivity contribution is 0.298. The van der Waals surface area contributed by atoms with E-state index in [2.05, 4.69) is 23.5 Å². The number of fused-ring (bicyclic) bond motifs is 1. The number of ether oxygens (including phenoxy) is 1. The first-order valence-electron chi connectivity index (χ1n) is 6.76. The third kappa shape index (κ3) is 2.01. The van der Waals surface area contributed by atoms with E-state index in [0.717, 1.165) is 5.75 Å². The van der Waals surface area contributed by atoms with Gasteiger partial charge in [0.05, 0.1) is 7.11 Å². The lowest BCUT2D eigenvalue weighted by Crippen LogP contribution is -2.43. The fourth-order valence-corrected chi connectivity index (χ4v) is 3.35. The standard InChI is InChI=1S/C15H21NO/c1-17-13-5-6-14-12(11-13)7-10-15(16-14)8-3-2-4-9-15/h5-6,11,16H,2-4,7-10H2,1H3. The number of rotatable bonds is 1. The molecule has 0 aromatic heterocycles. The van der Waals surface area contributed by atoms with Gasteiger partial charge in [0.25, 0.3) is 0 Å². The molecule has 92 valence electrons. The lowest BCUT2D eigenvalue weighted by Gasteiger charge is -2.43. The number of nitrogens with one attached hydrogen (secondary N) is 1. The minimum Gasteiger partial charge on any atom is -0.497 e. The third-order valence-corrected chi connectivity index (χ3v) is 4.40. The van der Waals surface area contributed by atoms with Crippen molar-refractivity contribution in [1.82, 2.24) is 0 Å². The normalized spacial score (nSPS) is 21.7. The van der Waals surface area contributed by atoms with Gasteiger partial charge >= 0.3 is 0 Å². The van der Waals surface area contributed by atoms with Gasteiger partial charge in [-0.1, -0.05) is 19.3 Å². The van der Waals surface area contributed by atoms with Crippen molar-refractivity contribution in [2.45, 2.75) is 50.5 Å². The Balaban J connectivity index is 1.85. The Hall–Kier alpha value is -1.18.